The molecule has 0 saturated heterocycles. The zero-order chi connectivity index (χ0) is 13.1. The van der Waals surface area contributed by atoms with E-state index in [1.807, 2.05) is 0 Å². The Bertz CT molecular complexity index is 411. The second kappa shape index (κ2) is 6.02. The normalized spacial score (nSPS) is 27.7. The minimum atomic E-state index is -0.368. The molecule has 1 aromatic carbocycles. The van der Waals surface area contributed by atoms with Crippen LogP contribution in [0.1, 0.15) is 26.7 Å². The fourth-order valence-electron chi connectivity index (χ4n) is 2.58. The molecule has 0 spiro atoms. The van der Waals surface area contributed by atoms with Gasteiger partial charge in [0.25, 0.3) is 0 Å². The predicted molar refractivity (Wildman–Crippen MR) is 71.9 cm³/mol. The van der Waals surface area contributed by atoms with E-state index in [2.05, 4.69) is 19.2 Å². The Morgan fingerprint density at radius 1 is 1.33 bits per heavy atom. The Labute approximate surface area is 111 Å². The van der Waals surface area contributed by atoms with Gasteiger partial charge in [-0.2, -0.15) is 0 Å². The zero-order valence-electron chi connectivity index (χ0n) is 10.7. The van der Waals surface area contributed by atoms with Crippen molar-refractivity contribution in [3.63, 3.8) is 0 Å². The van der Waals surface area contributed by atoms with Crippen LogP contribution >= 0.6 is 11.8 Å². The highest BCUT2D eigenvalue weighted by Crippen LogP contribution is 2.39. The first-order valence-corrected chi connectivity index (χ1v) is 7.35. The lowest BCUT2D eigenvalue weighted by Crippen LogP contribution is -2.33. The minimum absolute atomic E-state index is 0.319. The fourth-order valence-corrected chi connectivity index (χ4v) is 3.92. The summed E-state index contributed by atoms with van der Waals surface area (Å²) >= 11 is 1.47. The number of nitrogens with one attached hydrogen (secondary N) is 1. The summed E-state index contributed by atoms with van der Waals surface area (Å²) in [5.41, 5.74) is 0. The van der Waals surface area contributed by atoms with Crippen LogP contribution in [0.4, 0.5) is 8.78 Å². The first-order chi connectivity index (χ1) is 8.61. The van der Waals surface area contributed by atoms with Gasteiger partial charge in [0.2, 0.25) is 0 Å². The van der Waals surface area contributed by atoms with Crippen molar-refractivity contribution in [3.8, 4) is 0 Å². The molecule has 1 N–H and O–H groups in total. The first-order valence-electron chi connectivity index (χ1n) is 6.47. The molecular weight excluding hydrogens is 252 g/mol. The van der Waals surface area contributed by atoms with Crippen molar-refractivity contribution >= 4 is 11.8 Å². The third-order valence-electron chi connectivity index (χ3n) is 3.62. The lowest BCUT2D eigenvalue weighted by Gasteiger charge is -2.21. The van der Waals surface area contributed by atoms with Crippen molar-refractivity contribution in [1.82, 2.24) is 5.32 Å². The third kappa shape index (κ3) is 3.04. The minimum Gasteiger partial charge on any atom is -0.314 e. The second-order valence-electron chi connectivity index (χ2n) is 4.83. The highest BCUT2D eigenvalue weighted by molar-refractivity contribution is 8.00. The van der Waals surface area contributed by atoms with Gasteiger partial charge >= 0.3 is 0 Å². The standard InChI is InChI=1S/C14H19F2NS/c1-3-17-12-6-7-13(9(12)2)18-14-8-10(15)4-5-11(14)16/h4-5,8-9,12-13,17H,3,6-7H2,1-2H3. The van der Waals surface area contributed by atoms with Gasteiger partial charge in [0.1, 0.15) is 11.6 Å². The fraction of sp³-hybridized carbons (Fsp3) is 0.571. The molecule has 0 radical (unpaired) electrons. The van der Waals surface area contributed by atoms with E-state index in [9.17, 15) is 8.78 Å². The van der Waals surface area contributed by atoms with Crippen molar-refractivity contribution in [3.05, 3.63) is 29.8 Å². The predicted octanol–water partition coefficient (Wildman–Crippen LogP) is 3.83. The molecule has 1 aromatic rings. The van der Waals surface area contributed by atoms with Crippen LogP contribution in [0.3, 0.4) is 0 Å². The number of benzene rings is 1. The topological polar surface area (TPSA) is 12.0 Å². The van der Waals surface area contributed by atoms with E-state index in [1.54, 1.807) is 0 Å². The molecule has 4 heteroatoms. The Balaban J connectivity index is 2.04. The third-order valence-corrected chi connectivity index (χ3v) is 5.16. The van der Waals surface area contributed by atoms with Crippen molar-refractivity contribution in [1.29, 1.82) is 0 Å². The molecule has 3 atom stereocenters. The Hall–Kier alpha value is -0.610. The molecule has 100 valence electrons. The van der Waals surface area contributed by atoms with Crippen LogP contribution in [0.5, 0.6) is 0 Å². The maximum absolute atomic E-state index is 13.6. The molecule has 0 aromatic heterocycles. The van der Waals surface area contributed by atoms with Gasteiger partial charge < -0.3 is 5.32 Å². The molecule has 0 heterocycles. The number of halogens is 2. The molecule has 1 fully saturated rings. The SMILES string of the molecule is CCNC1CCC(Sc2cc(F)ccc2F)C1C. The maximum atomic E-state index is 13.6. The smallest absolute Gasteiger partial charge is 0.136 e. The summed E-state index contributed by atoms with van der Waals surface area (Å²) in [6, 6.07) is 4.18. The van der Waals surface area contributed by atoms with Crippen LogP contribution in [-0.2, 0) is 0 Å². The number of thioether (sulfide) groups is 1. The molecule has 1 nitrogen and oxygen atoms in total. The van der Waals surface area contributed by atoms with Crippen molar-refractivity contribution < 1.29 is 8.78 Å². The molecule has 1 aliphatic rings. The molecular formula is C14H19F2NS. The van der Waals surface area contributed by atoms with Crippen LogP contribution in [0.15, 0.2) is 23.1 Å². The Morgan fingerprint density at radius 2 is 2.11 bits per heavy atom. The number of hydrogen-bond acceptors (Lipinski definition) is 2. The van der Waals surface area contributed by atoms with E-state index in [0.29, 0.717) is 22.1 Å². The molecule has 1 aliphatic carbocycles. The van der Waals surface area contributed by atoms with E-state index in [-0.39, 0.29) is 11.6 Å². The summed E-state index contributed by atoms with van der Waals surface area (Å²) in [7, 11) is 0. The van der Waals surface area contributed by atoms with Crippen LogP contribution in [-0.4, -0.2) is 17.8 Å². The van der Waals surface area contributed by atoms with Gasteiger partial charge in [-0.05, 0) is 43.5 Å². The number of rotatable bonds is 4. The Kier molecular flexibility index (Phi) is 4.62. The van der Waals surface area contributed by atoms with Crippen molar-refractivity contribution in [2.75, 3.05) is 6.54 Å². The van der Waals surface area contributed by atoms with E-state index < -0.39 is 0 Å². The zero-order valence-corrected chi connectivity index (χ0v) is 11.6. The summed E-state index contributed by atoms with van der Waals surface area (Å²) in [6.45, 7) is 5.25. The molecule has 0 amide bonds. The van der Waals surface area contributed by atoms with Gasteiger partial charge in [-0.15, -0.1) is 11.8 Å². The summed E-state index contributed by atoms with van der Waals surface area (Å²) in [4.78, 5) is 0.434. The van der Waals surface area contributed by atoms with Crippen molar-refractivity contribution in [2.24, 2.45) is 5.92 Å². The summed E-state index contributed by atoms with van der Waals surface area (Å²) < 4.78 is 26.7. The quantitative estimate of drug-likeness (QED) is 0.893. The van der Waals surface area contributed by atoms with E-state index >= 15 is 0 Å². The second-order valence-corrected chi connectivity index (χ2v) is 6.11. The van der Waals surface area contributed by atoms with Gasteiger partial charge in [0.05, 0.1) is 0 Å². The summed E-state index contributed by atoms with van der Waals surface area (Å²) in [5.74, 6) is -0.203. The summed E-state index contributed by atoms with van der Waals surface area (Å²) in [5, 5.41) is 3.82. The lowest BCUT2D eigenvalue weighted by molar-refractivity contribution is 0.441. The van der Waals surface area contributed by atoms with Gasteiger partial charge in [-0.1, -0.05) is 13.8 Å². The van der Waals surface area contributed by atoms with Crippen LogP contribution in [0, 0.1) is 17.6 Å². The largest absolute Gasteiger partial charge is 0.314 e. The van der Waals surface area contributed by atoms with Crippen LogP contribution in [0.2, 0.25) is 0 Å². The molecule has 0 bridgehead atoms. The highest BCUT2D eigenvalue weighted by Gasteiger charge is 2.33. The molecule has 1 saturated carbocycles. The van der Waals surface area contributed by atoms with Crippen LogP contribution < -0.4 is 5.32 Å². The van der Waals surface area contributed by atoms with Crippen LogP contribution in [0.25, 0.3) is 0 Å². The average molecular weight is 271 g/mol. The molecule has 3 unspecified atom stereocenters. The van der Waals surface area contributed by atoms with E-state index in [1.165, 1.54) is 30.0 Å². The lowest BCUT2D eigenvalue weighted by atomic mass is 10.1. The van der Waals surface area contributed by atoms with E-state index in [0.717, 1.165) is 19.4 Å². The molecule has 18 heavy (non-hydrogen) atoms. The first kappa shape index (κ1) is 13.8. The maximum Gasteiger partial charge on any atom is 0.136 e. The number of hydrogen-bond donors (Lipinski definition) is 1. The average Bonchev–Trinajstić information content (AvgIpc) is 2.67. The molecule has 0 aliphatic heterocycles. The highest BCUT2D eigenvalue weighted by atomic mass is 32.2. The monoisotopic (exact) mass is 271 g/mol. The van der Waals surface area contributed by atoms with Gasteiger partial charge in [-0.3, -0.25) is 0 Å². The van der Waals surface area contributed by atoms with Gasteiger partial charge in [-0.25, -0.2) is 8.78 Å². The Morgan fingerprint density at radius 3 is 2.83 bits per heavy atom. The van der Waals surface area contributed by atoms with E-state index in [4.69, 9.17) is 0 Å². The molecule has 2 rings (SSSR count). The summed E-state index contributed by atoms with van der Waals surface area (Å²) in [6.07, 6.45) is 2.17. The van der Waals surface area contributed by atoms with Gasteiger partial charge in [0.15, 0.2) is 0 Å². The van der Waals surface area contributed by atoms with Crippen molar-refractivity contribution in [2.45, 2.75) is 42.9 Å². The van der Waals surface area contributed by atoms with Gasteiger partial charge in [0, 0.05) is 16.2 Å².